The number of aryl methyl sites for hydroxylation is 2. The molecule has 0 aliphatic carbocycles. The largest absolute Gasteiger partial charge is 0.488 e. The van der Waals surface area contributed by atoms with Gasteiger partial charge in [0.05, 0.1) is 16.8 Å². The molecule has 0 aliphatic heterocycles. The lowest BCUT2D eigenvalue weighted by Gasteiger charge is -2.18. The summed E-state index contributed by atoms with van der Waals surface area (Å²) in [7, 11) is 0. The molecule has 4 nitrogen and oxygen atoms in total. The number of aromatic carboxylic acids is 1. The second-order valence-corrected chi connectivity index (χ2v) is 8.18. The van der Waals surface area contributed by atoms with E-state index < -0.39 is 23.3 Å². The van der Waals surface area contributed by atoms with Gasteiger partial charge in [-0.3, -0.25) is 0 Å². The first-order chi connectivity index (χ1) is 16.5. The Labute approximate surface area is 199 Å². The Hall–Kier alpha value is -4.07. The lowest BCUT2D eigenvalue weighted by molar-refractivity contribution is -0.137. The molecule has 0 bridgehead atoms. The van der Waals surface area contributed by atoms with Crippen molar-refractivity contribution in [3.63, 3.8) is 0 Å². The summed E-state index contributed by atoms with van der Waals surface area (Å²) in [6.45, 7) is 3.75. The van der Waals surface area contributed by atoms with Gasteiger partial charge in [0.15, 0.2) is 0 Å². The van der Waals surface area contributed by atoms with Gasteiger partial charge < -0.3 is 14.4 Å². The Morgan fingerprint density at radius 3 is 2.31 bits per heavy atom. The minimum absolute atomic E-state index is 0.0701. The number of carboxylic acid groups (broad SMARTS) is 1. The molecule has 0 unspecified atom stereocenters. The van der Waals surface area contributed by atoms with Gasteiger partial charge in [-0.1, -0.05) is 23.8 Å². The van der Waals surface area contributed by atoms with Crippen LogP contribution in [-0.2, 0) is 12.8 Å². The molecule has 0 saturated carbocycles. The maximum Gasteiger partial charge on any atom is 0.416 e. The highest BCUT2D eigenvalue weighted by molar-refractivity contribution is 5.89. The molecule has 1 aromatic heterocycles. The normalized spacial score (nSPS) is 11.5. The highest BCUT2D eigenvalue weighted by Gasteiger charge is 2.32. The molecule has 35 heavy (non-hydrogen) atoms. The van der Waals surface area contributed by atoms with Crippen LogP contribution in [0.25, 0.3) is 16.9 Å². The van der Waals surface area contributed by atoms with E-state index in [9.17, 15) is 27.5 Å². The van der Waals surface area contributed by atoms with E-state index >= 15 is 0 Å². The summed E-state index contributed by atoms with van der Waals surface area (Å²) in [6.07, 6.45) is -4.71. The Bertz CT molecular complexity index is 1390. The minimum Gasteiger partial charge on any atom is -0.488 e. The molecule has 180 valence electrons. The van der Waals surface area contributed by atoms with Gasteiger partial charge in [-0.25, -0.2) is 9.18 Å². The van der Waals surface area contributed by atoms with Gasteiger partial charge in [-0.2, -0.15) is 13.2 Å². The standard InChI is InChI=1S/C27H21F4NO3/c1-16-3-10-25(35-15-18-5-7-21(28)8-6-18)23(11-16)24-9-4-17(2)32(24)22-13-19(26(33)34)12-20(14-22)27(29,30)31/h3-14H,15H2,1-2H3,(H,33,34). The summed E-state index contributed by atoms with van der Waals surface area (Å²) in [5, 5.41) is 9.41. The monoisotopic (exact) mass is 483 g/mol. The topological polar surface area (TPSA) is 51.5 Å². The van der Waals surface area contributed by atoms with Gasteiger partial charge in [-0.15, -0.1) is 0 Å². The Morgan fingerprint density at radius 2 is 1.66 bits per heavy atom. The molecule has 1 heterocycles. The van der Waals surface area contributed by atoms with Crippen molar-refractivity contribution in [3.8, 4) is 22.7 Å². The average Bonchev–Trinajstić information content (AvgIpc) is 3.19. The van der Waals surface area contributed by atoms with Crippen LogP contribution in [-0.4, -0.2) is 15.6 Å². The van der Waals surface area contributed by atoms with E-state index in [2.05, 4.69) is 0 Å². The van der Waals surface area contributed by atoms with Gasteiger partial charge in [0, 0.05) is 16.9 Å². The molecule has 0 saturated heterocycles. The molecule has 1 N–H and O–H groups in total. The van der Waals surface area contributed by atoms with Crippen molar-refractivity contribution in [1.29, 1.82) is 0 Å². The summed E-state index contributed by atoms with van der Waals surface area (Å²) >= 11 is 0. The second-order valence-electron chi connectivity index (χ2n) is 8.18. The van der Waals surface area contributed by atoms with E-state index in [4.69, 9.17) is 4.74 Å². The second kappa shape index (κ2) is 9.29. The van der Waals surface area contributed by atoms with Gasteiger partial charge in [-0.05, 0) is 74.0 Å². The highest BCUT2D eigenvalue weighted by Crippen LogP contribution is 2.37. The molecule has 3 aromatic carbocycles. The van der Waals surface area contributed by atoms with Crippen LogP contribution >= 0.6 is 0 Å². The number of aromatic nitrogens is 1. The average molecular weight is 483 g/mol. The Balaban J connectivity index is 1.82. The van der Waals surface area contributed by atoms with E-state index in [1.165, 1.54) is 18.2 Å². The fourth-order valence-electron chi connectivity index (χ4n) is 3.83. The lowest BCUT2D eigenvalue weighted by atomic mass is 10.1. The van der Waals surface area contributed by atoms with Gasteiger partial charge >= 0.3 is 12.1 Å². The first-order valence-corrected chi connectivity index (χ1v) is 10.7. The zero-order valence-electron chi connectivity index (χ0n) is 18.9. The van der Waals surface area contributed by atoms with Crippen molar-refractivity contribution >= 4 is 5.97 Å². The number of hydrogen-bond donors (Lipinski definition) is 1. The predicted molar refractivity (Wildman–Crippen MR) is 123 cm³/mol. The maximum absolute atomic E-state index is 13.5. The number of nitrogens with zero attached hydrogens (tertiary/aromatic N) is 1. The number of benzene rings is 3. The van der Waals surface area contributed by atoms with Crippen molar-refractivity contribution in [2.45, 2.75) is 26.6 Å². The zero-order chi connectivity index (χ0) is 25.3. The zero-order valence-corrected chi connectivity index (χ0v) is 18.9. The number of ether oxygens (including phenoxy) is 1. The maximum atomic E-state index is 13.5. The molecule has 8 heteroatoms. The van der Waals surface area contributed by atoms with Crippen LogP contribution in [0.4, 0.5) is 17.6 Å². The van der Waals surface area contributed by atoms with E-state index in [1.54, 1.807) is 41.8 Å². The molecular formula is C27H21F4NO3. The molecule has 0 aliphatic rings. The number of carboxylic acids is 1. The van der Waals surface area contributed by atoms with Crippen molar-refractivity contribution in [3.05, 3.63) is 107 Å². The van der Waals surface area contributed by atoms with Gasteiger partial charge in [0.25, 0.3) is 0 Å². The number of carbonyl (C=O) groups is 1. The quantitative estimate of drug-likeness (QED) is 0.295. The summed E-state index contributed by atoms with van der Waals surface area (Å²) in [4.78, 5) is 11.6. The lowest BCUT2D eigenvalue weighted by Crippen LogP contribution is -2.10. The van der Waals surface area contributed by atoms with E-state index in [-0.39, 0.29) is 18.1 Å². The smallest absolute Gasteiger partial charge is 0.416 e. The van der Waals surface area contributed by atoms with Crippen molar-refractivity contribution < 1.29 is 32.2 Å². The van der Waals surface area contributed by atoms with E-state index in [0.29, 0.717) is 28.8 Å². The van der Waals surface area contributed by atoms with Gasteiger partial charge in [0.1, 0.15) is 18.2 Å². The SMILES string of the molecule is Cc1ccc(OCc2ccc(F)cc2)c(-c2ccc(C)n2-c2cc(C(=O)O)cc(C(F)(F)F)c2)c1. The third-order valence-electron chi connectivity index (χ3n) is 5.54. The summed E-state index contributed by atoms with van der Waals surface area (Å²) in [5.41, 5.74) is 1.96. The molecule has 0 spiro atoms. The number of halogens is 4. The fourth-order valence-corrected chi connectivity index (χ4v) is 3.83. The van der Waals surface area contributed by atoms with Crippen LogP contribution in [0.1, 0.15) is 32.7 Å². The van der Waals surface area contributed by atoms with Crippen LogP contribution in [0, 0.1) is 19.7 Å². The number of rotatable bonds is 6. The van der Waals surface area contributed by atoms with Crippen LogP contribution in [0.2, 0.25) is 0 Å². The van der Waals surface area contributed by atoms with Crippen molar-refractivity contribution in [2.75, 3.05) is 0 Å². The fraction of sp³-hybridized carbons (Fsp3) is 0.148. The van der Waals surface area contributed by atoms with Crippen LogP contribution in [0.3, 0.4) is 0 Å². The van der Waals surface area contributed by atoms with Crippen molar-refractivity contribution in [1.82, 2.24) is 4.57 Å². The van der Waals surface area contributed by atoms with Crippen molar-refractivity contribution in [2.24, 2.45) is 0 Å². The third-order valence-corrected chi connectivity index (χ3v) is 5.54. The van der Waals surface area contributed by atoms with Crippen LogP contribution in [0.15, 0.2) is 72.8 Å². The molecular weight excluding hydrogens is 462 g/mol. The Morgan fingerprint density at radius 1 is 0.943 bits per heavy atom. The molecule has 0 amide bonds. The van der Waals surface area contributed by atoms with Crippen LogP contribution in [0.5, 0.6) is 5.75 Å². The molecule has 0 fully saturated rings. The molecule has 4 aromatic rings. The summed E-state index contributed by atoms with van der Waals surface area (Å²) < 4.78 is 61.4. The summed E-state index contributed by atoms with van der Waals surface area (Å²) in [6, 6.07) is 17.6. The van der Waals surface area contributed by atoms with E-state index in [1.807, 2.05) is 19.1 Å². The highest BCUT2D eigenvalue weighted by atomic mass is 19.4. The Kier molecular flexibility index (Phi) is 6.39. The summed E-state index contributed by atoms with van der Waals surface area (Å²) in [5.74, 6) is -1.34. The number of hydrogen-bond acceptors (Lipinski definition) is 2. The molecule has 0 atom stereocenters. The predicted octanol–water partition coefficient (Wildman–Crippen LogP) is 7.20. The molecule has 4 rings (SSSR count). The van der Waals surface area contributed by atoms with Crippen LogP contribution < -0.4 is 4.74 Å². The number of alkyl halides is 3. The molecule has 0 radical (unpaired) electrons. The first kappa shape index (κ1) is 24.1. The third kappa shape index (κ3) is 5.21. The van der Waals surface area contributed by atoms with Gasteiger partial charge in [0.2, 0.25) is 0 Å². The van der Waals surface area contributed by atoms with E-state index in [0.717, 1.165) is 17.2 Å². The minimum atomic E-state index is -4.71. The first-order valence-electron chi connectivity index (χ1n) is 10.7.